The summed E-state index contributed by atoms with van der Waals surface area (Å²) in [6.07, 6.45) is 5.36. The zero-order valence-electron chi connectivity index (χ0n) is 22.5. The summed E-state index contributed by atoms with van der Waals surface area (Å²) >= 11 is 0. The van der Waals surface area contributed by atoms with Crippen molar-refractivity contribution in [2.24, 2.45) is 17.8 Å². The van der Waals surface area contributed by atoms with Crippen LogP contribution in [0.25, 0.3) is 10.9 Å². The highest BCUT2D eigenvalue weighted by atomic mass is 16.5. The Bertz CT molecular complexity index is 1220. The van der Waals surface area contributed by atoms with E-state index in [9.17, 15) is 19.6 Å². The summed E-state index contributed by atoms with van der Waals surface area (Å²) in [6.45, 7) is 4.65. The zero-order chi connectivity index (χ0) is 27.2. The fourth-order valence-corrected chi connectivity index (χ4v) is 5.74. The van der Waals surface area contributed by atoms with Gasteiger partial charge in [0.15, 0.2) is 5.78 Å². The molecule has 3 atom stereocenters. The van der Waals surface area contributed by atoms with E-state index in [0.717, 1.165) is 75.2 Å². The number of amides is 1. The van der Waals surface area contributed by atoms with Crippen LogP contribution in [0.5, 0.6) is 5.75 Å². The largest absolute Gasteiger partial charge is 0.492 e. The van der Waals surface area contributed by atoms with Gasteiger partial charge in [-0.25, -0.2) is 0 Å². The smallest absolute Gasteiger partial charge is 0.224 e. The van der Waals surface area contributed by atoms with Crippen molar-refractivity contribution in [3.63, 3.8) is 0 Å². The van der Waals surface area contributed by atoms with Crippen LogP contribution in [0, 0.1) is 29.1 Å². The SMILES string of the molecule is N#CC(CC1CCCC1=O)NC(=O)C(CC(=O)c1cc2c(OCCN3CCOCC3)cccc2[nH]1)CC1CC1. The van der Waals surface area contributed by atoms with Gasteiger partial charge in [0.2, 0.25) is 5.91 Å². The van der Waals surface area contributed by atoms with E-state index in [0.29, 0.717) is 37.5 Å². The van der Waals surface area contributed by atoms with Crippen molar-refractivity contribution in [3.8, 4) is 11.8 Å². The molecule has 0 radical (unpaired) electrons. The van der Waals surface area contributed by atoms with Crippen molar-refractivity contribution in [2.45, 2.75) is 57.4 Å². The number of rotatable bonds is 13. The number of nitriles is 1. The van der Waals surface area contributed by atoms with E-state index in [4.69, 9.17) is 9.47 Å². The number of ketones is 2. The molecule has 208 valence electrons. The van der Waals surface area contributed by atoms with Crippen LogP contribution >= 0.6 is 0 Å². The third-order valence-electron chi connectivity index (χ3n) is 8.23. The molecule has 3 unspecified atom stereocenters. The van der Waals surface area contributed by atoms with Gasteiger partial charge < -0.3 is 19.8 Å². The van der Waals surface area contributed by atoms with Crippen LogP contribution < -0.4 is 10.1 Å². The molecule has 1 aliphatic heterocycles. The number of fused-ring (bicyclic) bond motifs is 1. The van der Waals surface area contributed by atoms with Gasteiger partial charge in [0.25, 0.3) is 0 Å². The molecule has 0 spiro atoms. The molecule has 3 fully saturated rings. The molecular formula is C30H38N4O5. The Labute approximate surface area is 229 Å². The van der Waals surface area contributed by atoms with Crippen molar-refractivity contribution in [3.05, 3.63) is 30.0 Å². The summed E-state index contributed by atoms with van der Waals surface area (Å²) in [5.41, 5.74) is 1.27. The molecule has 2 heterocycles. The van der Waals surface area contributed by atoms with E-state index in [1.807, 2.05) is 24.3 Å². The number of ether oxygens (including phenoxy) is 2. The monoisotopic (exact) mass is 534 g/mol. The Hall–Kier alpha value is -3.22. The van der Waals surface area contributed by atoms with Crippen molar-refractivity contribution in [2.75, 3.05) is 39.5 Å². The maximum atomic E-state index is 13.4. The molecule has 1 saturated heterocycles. The summed E-state index contributed by atoms with van der Waals surface area (Å²) in [5.74, 6) is 0.283. The number of hydrogen-bond donors (Lipinski definition) is 2. The number of morpholine rings is 1. The number of carbonyl (C=O) groups is 3. The number of benzene rings is 1. The van der Waals surface area contributed by atoms with Gasteiger partial charge in [0, 0.05) is 55.2 Å². The first-order chi connectivity index (χ1) is 19.0. The minimum atomic E-state index is -0.716. The Kier molecular flexibility index (Phi) is 8.95. The van der Waals surface area contributed by atoms with E-state index < -0.39 is 12.0 Å². The van der Waals surface area contributed by atoms with Crippen LogP contribution in [0.15, 0.2) is 24.3 Å². The Balaban J connectivity index is 1.21. The van der Waals surface area contributed by atoms with Crippen LogP contribution in [-0.2, 0) is 14.3 Å². The molecule has 2 aliphatic carbocycles. The summed E-state index contributed by atoms with van der Waals surface area (Å²) in [4.78, 5) is 44.2. The summed E-state index contributed by atoms with van der Waals surface area (Å²) in [6, 6.07) is 8.97. The minimum absolute atomic E-state index is 0.0723. The molecule has 0 bridgehead atoms. The third kappa shape index (κ3) is 7.25. The van der Waals surface area contributed by atoms with Gasteiger partial charge in [0.05, 0.1) is 25.0 Å². The number of aromatic nitrogens is 1. The van der Waals surface area contributed by atoms with Crippen LogP contribution in [-0.4, -0.2) is 72.9 Å². The van der Waals surface area contributed by atoms with Gasteiger partial charge in [-0.1, -0.05) is 18.9 Å². The minimum Gasteiger partial charge on any atom is -0.492 e. The molecule has 3 aliphatic rings. The molecular weight excluding hydrogens is 496 g/mol. The quantitative estimate of drug-likeness (QED) is 0.376. The molecule has 39 heavy (non-hydrogen) atoms. The normalized spacial score (nSPS) is 21.4. The van der Waals surface area contributed by atoms with Crippen molar-refractivity contribution >= 4 is 28.4 Å². The van der Waals surface area contributed by atoms with Gasteiger partial charge in [0.1, 0.15) is 24.2 Å². The lowest BCUT2D eigenvalue weighted by atomic mass is 9.92. The molecule has 1 aromatic carbocycles. The fraction of sp³-hybridized carbons (Fsp3) is 0.600. The topological polar surface area (TPSA) is 125 Å². The highest BCUT2D eigenvalue weighted by Crippen LogP contribution is 2.37. The van der Waals surface area contributed by atoms with Gasteiger partial charge >= 0.3 is 0 Å². The second-order valence-corrected chi connectivity index (χ2v) is 11.2. The van der Waals surface area contributed by atoms with E-state index >= 15 is 0 Å². The second kappa shape index (κ2) is 12.8. The van der Waals surface area contributed by atoms with Crippen molar-refractivity contribution < 1.29 is 23.9 Å². The summed E-state index contributed by atoms with van der Waals surface area (Å²) < 4.78 is 11.5. The third-order valence-corrected chi connectivity index (χ3v) is 8.23. The predicted molar refractivity (Wildman–Crippen MR) is 145 cm³/mol. The number of Topliss-reactive ketones (excluding diaryl/α,β-unsaturated/α-hetero) is 2. The van der Waals surface area contributed by atoms with Gasteiger partial charge in [-0.05, 0) is 49.8 Å². The first-order valence-electron chi connectivity index (χ1n) is 14.3. The highest BCUT2D eigenvalue weighted by Gasteiger charge is 2.34. The second-order valence-electron chi connectivity index (χ2n) is 11.2. The van der Waals surface area contributed by atoms with Crippen LogP contribution in [0.2, 0.25) is 0 Å². The van der Waals surface area contributed by atoms with E-state index in [1.165, 1.54) is 0 Å². The number of H-pyrrole nitrogens is 1. The summed E-state index contributed by atoms with van der Waals surface area (Å²) in [7, 11) is 0. The van der Waals surface area contributed by atoms with E-state index in [1.54, 1.807) is 0 Å². The fourth-order valence-electron chi connectivity index (χ4n) is 5.74. The highest BCUT2D eigenvalue weighted by molar-refractivity contribution is 6.02. The average Bonchev–Trinajstić information content (AvgIpc) is 3.50. The van der Waals surface area contributed by atoms with Crippen molar-refractivity contribution in [1.29, 1.82) is 5.26 Å². The van der Waals surface area contributed by atoms with Gasteiger partial charge in [-0.15, -0.1) is 0 Å². The Morgan fingerprint density at radius 3 is 2.74 bits per heavy atom. The Morgan fingerprint density at radius 1 is 1.21 bits per heavy atom. The lowest BCUT2D eigenvalue weighted by Crippen LogP contribution is -2.40. The molecule has 2 saturated carbocycles. The van der Waals surface area contributed by atoms with Gasteiger partial charge in [-0.2, -0.15) is 5.26 Å². The van der Waals surface area contributed by atoms with E-state index in [-0.39, 0.29) is 29.8 Å². The average molecular weight is 535 g/mol. The molecule has 9 nitrogen and oxygen atoms in total. The molecule has 1 aromatic heterocycles. The predicted octanol–water partition coefficient (Wildman–Crippen LogP) is 3.64. The standard InChI is InChI=1S/C30H38N4O5/c31-19-23(16-21-3-1-5-27(21)35)32-30(37)22(15-20-7-8-20)17-28(36)26-18-24-25(33-26)4-2-6-29(24)39-14-11-34-9-12-38-13-10-34/h2,4,6,18,20-23,33H,1,3,5,7-17H2,(H,32,37). The van der Waals surface area contributed by atoms with Crippen LogP contribution in [0.1, 0.15) is 61.9 Å². The number of nitrogens with zero attached hydrogens (tertiary/aromatic N) is 2. The number of nitrogens with one attached hydrogen (secondary N) is 2. The van der Waals surface area contributed by atoms with Crippen LogP contribution in [0.4, 0.5) is 0 Å². The number of carbonyl (C=O) groups excluding carboxylic acids is 3. The van der Waals surface area contributed by atoms with Crippen molar-refractivity contribution in [1.82, 2.24) is 15.2 Å². The summed E-state index contributed by atoms with van der Waals surface area (Å²) in [5, 5.41) is 13.3. The molecule has 2 aromatic rings. The zero-order valence-corrected chi connectivity index (χ0v) is 22.5. The molecule has 1 amide bonds. The van der Waals surface area contributed by atoms with E-state index in [2.05, 4.69) is 21.3 Å². The Morgan fingerprint density at radius 2 is 2.03 bits per heavy atom. The maximum Gasteiger partial charge on any atom is 0.224 e. The maximum absolute atomic E-state index is 13.4. The molecule has 9 heteroatoms. The molecule has 5 rings (SSSR count). The first-order valence-corrected chi connectivity index (χ1v) is 14.3. The first kappa shape index (κ1) is 27.4. The van der Waals surface area contributed by atoms with Crippen LogP contribution in [0.3, 0.4) is 0 Å². The lowest BCUT2D eigenvalue weighted by molar-refractivity contribution is -0.126. The number of hydrogen-bond acceptors (Lipinski definition) is 7. The molecule has 2 N–H and O–H groups in total. The van der Waals surface area contributed by atoms with Gasteiger partial charge in [-0.3, -0.25) is 19.3 Å². The number of aromatic amines is 1. The lowest BCUT2D eigenvalue weighted by Gasteiger charge is -2.26.